The highest BCUT2D eigenvalue weighted by Crippen LogP contribution is 2.22. The summed E-state index contributed by atoms with van der Waals surface area (Å²) >= 11 is 2.03. The number of aryl methyl sites for hydroxylation is 1. The van der Waals surface area contributed by atoms with Gasteiger partial charge in [-0.05, 0) is 65.4 Å². The van der Waals surface area contributed by atoms with E-state index in [1.54, 1.807) is 25.1 Å². The maximum atomic E-state index is 13.7. The Morgan fingerprint density at radius 1 is 1.16 bits per heavy atom. The van der Waals surface area contributed by atoms with Crippen molar-refractivity contribution in [2.45, 2.75) is 11.8 Å². The molecule has 0 aliphatic carbocycles. The highest BCUT2D eigenvalue weighted by Gasteiger charge is 2.21. The summed E-state index contributed by atoms with van der Waals surface area (Å²) in [4.78, 5) is -0.461. The van der Waals surface area contributed by atoms with Crippen molar-refractivity contribution in [3.05, 3.63) is 57.4 Å². The first kappa shape index (κ1) is 14.3. The summed E-state index contributed by atoms with van der Waals surface area (Å²) < 4.78 is 43.4. The van der Waals surface area contributed by atoms with Crippen LogP contribution >= 0.6 is 22.6 Å². The standard InChI is InChI=1S/C13H10FIO3S/c1-9-5-6-13(12(14)7-9)19(16,17)18-11-4-2-3-10(15)8-11/h2-8H,1H3. The van der Waals surface area contributed by atoms with E-state index in [4.69, 9.17) is 4.18 Å². The van der Waals surface area contributed by atoms with Crippen molar-refractivity contribution in [3.63, 3.8) is 0 Å². The molecule has 100 valence electrons. The Morgan fingerprint density at radius 3 is 2.53 bits per heavy atom. The molecule has 0 saturated carbocycles. The molecule has 0 saturated heterocycles. The molecule has 0 atom stereocenters. The van der Waals surface area contributed by atoms with Crippen LogP contribution in [0, 0.1) is 16.3 Å². The van der Waals surface area contributed by atoms with Crippen molar-refractivity contribution >= 4 is 32.7 Å². The lowest BCUT2D eigenvalue weighted by Crippen LogP contribution is -2.11. The van der Waals surface area contributed by atoms with Gasteiger partial charge in [0, 0.05) is 3.57 Å². The van der Waals surface area contributed by atoms with E-state index in [9.17, 15) is 12.8 Å². The normalized spacial score (nSPS) is 11.3. The number of benzene rings is 2. The van der Waals surface area contributed by atoms with Gasteiger partial charge in [-0.3, -0.25) is 0 Å². The topological polar surface area (TPSA) is 43.4 Å². The van der Waals surface area contributed by atoms with Crippen LogP contribution in [0.3, 0.4) is 0 Å². The van der Waals surface area contributed by atoms with E-state index in [1.165, 1.54) is 18.2 Å². The van der Waals surface area contributed by atoms with Gasteiger partial charge < -0.3 is 4.18 Å². The SMILES string of the molecule is Cc1ccc(S(=O)(=O)Oc2cccc(I)c2)c(F)c1. The van der Waals surface area contributed by atoms with Crippen molar-refractivity contribution < 1.29 is 17.0 Å². The van der Waals surface area contributed by atoms with Crippen molar-refractivity contribution in [2.75, 3.05) is 0 Å². The molecule has 0 unspecified atom stereocenters. The molecular formula is C13H10FIO3S. The fourth-order valence-corrected chi connectivity index (χ4v) is 2.99. The van der Waals surface area contributed by atoms with Crippen LogP contribution in [0.4, 0.5) is 4.39 Å². The molecule has 19 heavy (non-hydrogen) atoms. The van der Waals surface area contributed by atoms with Crippen LogP contribution in [0.15, 0.2) is 47.4 Å². The van der Waals surface area contributed by atoms with E-state index in [-0.39, 0.29) is 5.75 Å². The molecule has 0 N–H and O–H groups in total. The fourth-order valence-electron chi connectivity index (χ4n) is 1.50. The molecule has 2 aromatic carbocycles. The molecule has 0 bridgehead atoms. The molecule has 0 aliphatic rings. The molecular weight excluding hydrogens is 382 g/mol. The minimum atomic E-state index is -4.16. The minimum absolute atomic E-state index is 0.159. The Labute approximate surface area is 124 Å². The van der Waals surface area contributed by atoms with Crippen LogP contribution in [0.1, 0.15) is 5.56 Å². The summed E-state index contributed by atoms with van der Waals surface area (Å²) in [6, 6.07) is 10.4. The summed E-state index contributed by atoms with van der Waals surface area (Å²) in [5.74, 6) is -0.655. The van der Waals surface area contributed by atoms with Crippen molar-refractivity contribution in [1.29, 1.82) is 0 Å². The summed E-state index contributed by atoms with van der Waals surface area (Å²) in [7, 11) is -4.16. The van der Waals surface area contributed by atoms with Crippen LogP contribution in [0.2, 0.25) is 0 Å². The van der Waals surface area contributed by atoms with Gasteiger partial charge in [-0.1, -0.05) is 12.1 Å². The van der Waals surface area contributed by atoms with Gasteiger partial charge in [0.2, 0.25) is 0 Å². The van der Waals surface area contributed by atoms with Crippen LogP contribution in [0.5, 0.6) is 5.75 Å². The monoisotopic (exact) mass is 392 g/mol. The first-order valence-corrected chi connectivity index (χ1v) is 7.83. The van der Waals surface area contributed by atoms with E-state index in [1.807, 2.05) is 22.6 Å². The predicted molar refractivity (Wildman–Crippen MR) is 78.1 cm³/mol. The Balaban J connectivity index is 2.38. The fraction of sp³-hybridized carbons (Fsp3) is 0.0769. The zero-order valence-electron chi connectivity index (χ0n) is 9.93. The third-order valence-corrected chi connectivity index (χ3v) is 4.31. The maximum Gasteiger partial charge on any atom is 0.342 e. The number of rotatable bonds is 3. The second-order valence-corrected chi connectivity index (χ2v) is 6.69. The minimum Gasteiger partial charge on any atom is -0.379 e. The van der Waals surface area contributed by atoms with E-state index in [0.29, 0.717) is 5.56 Å². The molecule has 0 fully saturated rings. The summed E-state index contributed by atoms with van der Waals surface area (Å²) in [6.45, 7) is 1.68. The molecule has 0 aliphatic heterocycles. The molecule has 0 spiro atoms. The quantitative estimate of drug-likeness (QED) is 0.593. The Kier molecular flexibility index (Phi) is 4.10. The molecule has 0 amide bonds. The molecule has 2 aromatic rings. The van der Waals surface area contributed by atoms with Gasteiger partial charge >= 0.3 is 10.1 Å². The first-order valence-electron chi connectivity index (χ1n) is 5.35. The Hall–Kier alpha value is -1.15. The van der Waals surface area contributed by atoms with E-state index >= 15 is 0 Å². The van der Waals surface area contributed by atoms with Crippen LogP contribution in [0.25, 0.3) is 0 Å². The van der Waals surface area contributed by atoms with Gasteiger partial charge in [-0.2, -0.15) is 8.42 Å². The van der Waals surface area contributed by atoms with E-state index in [2.05, 4.69) is 0 Å². The first-order chi connectivity index (χ1) is 8.88. The number of hydrogen-bond donors (Lipinski definition) is 0. The number of halogens is 2. The second kappa shape index (κ2) is 5.46. The Bertz CT molecular complexity index is 714. The third kappa shape index (κ3) is 3.44. The summed E-state index contributed by atoms with van der Waals surface area (Å²) in [6.07, 6.45) is 0. The van der Waals surface area contributed by atoms with Gasteiger partial charge in [0.1, 0.15) is 16.5 Å². The summed E-state index contributed by atoms with van der Waals surface area (Å²) in [5, 5.41) is 0. The van der Waals surface area contributed by atoms with Gasteiger partial charge in [-0.25, -0.2) is 4.39 Å². The zero-order chi connectivity index (χ0) is 14.0. The van der Waals surface area contributed by atoms with Gasteiger partial charge in [0.05, 0.1) is 0 Å². The zero-order valence-corrected chi connectivity index (χ0v) is 12.9. The molecule has 3 nitrogen and oxygen atoms in total. The van der Waals surface area contributed by atoms with Crippen molar-refractivity contribution in [1.82, 2.24) is 0 Å². The number of hydrogen-bond acceptors (Lipinski definition) is 3. The molecule has 0 radical (unpaired) electrons. The largest absolute Gasteiger partial charge is 0.379 e. The molecule has 0 aromatic heterocycles. The highest BCUT2D eigenvalue weighted by molar-refractivity contribution is 14.1. The predicted octanol–water partition coefficient (Wildman–Crippen LogP) is 3.51. The van der Waals surface area contributed by atoms with Crippen molar-refractivity contribution in [2.24, 2.45) is 0 Å². The third-order valence-electron chi connectivity index (χ3n) is 2.36. The molecule has 0 heterocycles. The second-order valence-electron chi connectivity index (χ2n) is 3.93. The summed E-state index contributed by atoms with van der Waals surface area (Å²) in [5.41, 5.74) is 0.644. The lowest BCUT2D eigenvalue weighted by Gasteiger charge is -2.08. The lowest BCUT2D eigenvalue weighted by atomic mass is 10.2. The van der Waals surface area contributed by atoms with E-state index in [0.717, 1.165) is 9.64 Å². The highest BCUT2D eigenvalue weighted by atomic mass is 127. The van der Waals surface area contributed by atoms with Crippen LogP contribution in [-0.4, -0.2) is 8.42 Å². The van der Waals surface area contributed by atoms with Gasteiger partial charge in [0.15, 0.2) is 0 Å². The van der Waals surface area contributed by atoms with Crippen LogP contribution < -0.4 is 4.18 Å². The van der Waals surface area contributed by atoms with E-state index < -0.39 is 20.8 Å². The van der Waals surface area contributed by atoms with Gasteiger partial charge in [0.25, 0.3) is 0 Å². The average molecular weight is 392 g/mol. The smallest absolute Gasteiger partial charge is 0.342 e. The molecule has 6 heteroatoms. The molecule has 2 rings (SSSR count). The van der Waals surface area contributed by atoms with Crippen molar-refractivity contribution in [3.8, 4) is 5.75 Å². The average Bonchev–Trinajstić information content (AvgIpc) is 2.27. The van der Waals surface area contributed by atoms with Gasteiger partial charge in [-0.15, -0.1) is 0 Å². The lowest BCUT2D eigenvalue weighted by molar-refractivity contribution is 0.476. The maximum absolute atomic E-state index is 13.7. The Morgan fingerprint density at radius 2 is 1.89 bits per heavy atom. The van der Waals surface area contributed by atoms with Crippen LogP contribution in [-0.2, 0) is 10.1 Å².